The van der Waals surface area contributed by atoms with E-state index < -0.39 is 0 Å². The Balaban J connectivity index is 2.53. The van der Waals surface area contributed by atoms with Gasteiger partial charge in [-0.05, 0) is 24.1 Å². The van der Waals surface area contributed by atoms with Crippen LogP contribution in [0.2, 0.25) is 0 Å². The molecule has 5 heteroatoms. The first-order valence-corrected chi connectivity index (χ1v) is 5.83. The smallest absolute Gasteiger partial charge is 0.239 e. The fourth-order valence-electron chi connectivity index (χ4n) is 1.33. The maximum Gasteiger partial charge on any atom is 0.239 e. The maximum absolute atomic E-state index is 11.5. The molecule has 0 bridgehead atoms. The van der Waals surface area contributed by atoms with Gasteiger partial charge in [0.1, 0.15) is 0 Å². The van der Waals surface area contributed by atoms with Crippen LogP contribution >= 0.6 is 0 Å². The summed E-state index contributed by atoms with van der Waals surface area (Å²) in [4.78, 5) is 11.5. The van der Waals surface area contributed by atoms with E-state index in [-0.39, 0.29) is 12.5 Å². The van der Waals surface area contributed by atoms with Crippen LogP contribution in [0.15, 0.2) is 18.2 Å². The summed E-state index contributed by atoms with van der Waals surface area (Å²) in [5.74, 6) is 0.325. The third-order valence-corrected chi connectivity index (χ3v) is 2.33. The molecule has 0 heterocycles. The van der Waals surface area contributed by atoms with Crippen LogP contribution in [0, 0.1) is 17.2 Å². The third kappa shape index (κ3) is 4.34. The molecule has 0 atom stereocenters. The highest BCUT2D eigenvalue weighted by atomic mass is 16.1. The predicted molar refractivity (Wildman–Crippen MR) is 71.9 cm³/mol. The van der Waals surface area contributed by atoms with Crippen molar-refractivity contribution in [1.29, 1.82) is 5.26 Å². The van der Waals surface area contributed by atoms with Crippen molar-refractivity contribution in [2.45, 2.75) is 13.8 Å². The lowest BCUT2D eigenvalue weighted by Crippen LogP contribution is -2.32. The Morgan fingerprint density at radius 1 is 1.50 bits per heavy atom. The van der Waals surface area contributed by atoms with Crippen LogP contribution < -0.4 is 16.4 Å². The molecule has 4 N–H and O–H groups in total. The highest BCUT2D eigenvalue weighted by Gasteiger charge is 2.05. The number of amides is 1. The van der Waals surface area contributed by atoms with Crippen molar-refractivity contribution in [1.82, 2.24) is 5.32 Å². The minimum Gasteiger partial charge on any atom is -0.397 e. The third-order valence-electron chi connectivity index (χ3n) is 2.33. The lowest BCUT2D eigenvalue weighted by atomic mass is 10.2. The molecule has 96 valence electrons. The van der Waals surface area contributed by atoms with Crippen LogP contribution in [-0.4, -0.2) is 19.0 Å². The van der Waals surface area contributed by atoms with E-state index in [0.717, 1.165) is 0 Å². The highest BCUT2D eigenvalue weighted by Crippen LogP contribution is 2.19. The molecule has 0 unspecified atom stereocenters. The molecule has 0 aromatic heterocycles. The topological polar surface area (TPSA) is 90.9 Å². The van der Waals surface area contributed by atoms with E-state index >= 15 is 0 Å². The Morgan fingerprint density at radius 3 is 2.83 bits per heavy atom. The fraction of sp³-hybridized carbons (Fsp3) is 0.385. The molecule has 18 heavy (non-hydrogen) atoms. The maximum atomic E-state index is 11.5. The molecule has 0 saturated carbocycles. The molecular weight excluding hydrogens is 228 g/mol. The van der Waals surface area contributed by atoms with Gasteiger partial charge >= 0.3 is 0 Å². The Kier molecular flexibility index (Phi) is 5.00. The zero-order valence-electron chi connectivity index (χ0n) is 10.7. The summed E-state index contributed by atoms with van der Waals surface area (Å²) >= 11 is 0. The number of rotatable bonds is 5. The lowest BCUT2D eigenvalue weighted by molar-refractivity contribution is -0.119. The molecule has 5 nitrogen and oxygen atoms in total. The number of benzene rings is 1. The number of nitrogens with zero attached hydrogens (tertiary/aromatic N) is 1. The molecule has 1 rings (SSSR count). The van der Waals surface area contributed by atoms with Gasteiger partial charge in [-0.3, -0.25) is 4.79 Å². The van der Waals surface area contributed by atoms with Gasteiger partial charge in [-0.1, -0.05) is 13.8 Å². The van der Waals surface area contributed by atoms with E-state index in [4.69, 9.17) is 11.0 Å². The molecular formula is C13H18N4O. The second kappa shape index (κ2) is 6.50. The molecule has 0 saturated heterocycles. The minimum atomic E-state index is -0.0922. The molecule has 0 spiro atoms. The minimum absolute atomic E-state index is 0.0922. The van der Waals surface area contributed by atoms with Gasteiger partial charge in [-0.25, -0.2) is 0 Å². The Hall–Kier alpha value is -2.22. The van der Waals surface area contributed by atoms with E-state index in [0.29, 0.717) is 29.4 Å². The quantitative estimate of drug-likeness (QED) is 0.683. The van der Waals surface area contributed by atoms with E-state index in [1.165, 1.54) is 0 Å². The van der Waals surface area contributed by atoms with Crippen molar-refractivity contribution < 1.29 is 4.79 Å². The number of hydrogen-bond acceptors (Lipinski definition) is 4. The van der Waals surface area contributed by atoms with Gasteiger partial charge in [-0.2, -0.15) is 5.26 Å². The van der Waals surface area contributed by atoms with Crippen LogP contribution in [0.25, 0.3) is 0 Å². The normalized spacial score (nSPS) is 9.89. The molecule has 1 amide bonds. The highest BCUT2D eigenvalue weighted by molar-refractivity contribution is 5.82. The van der Waals surface area contributed by atoms with Crippen LogP contribution in [0.1, 0.15) is 19.4 Å². The zero-order valence-corrected chi connectivity index (χ0v) is 10.7. The largest absolute Gasteiger partial charge is 0.397 e. The average Bonchev–Trinajstić information content (AvgIpc) is 2.35. The monoisotopic (exact) mass is 246 g/mol. The first-order chi connectivity index (χ1) is 8.52. The first kappa shape index (κ1) is 13.8. The number of carbonyl (C=O) groups excluding carboxylic acids is 1. The van der Waals surface area contributed by atoms with Crippen molar-refractivity contribution in [3.8, 4) is 6.07 Å². The Bertz CT molecular complexity index is 463. The number of nitrogens with one attached hydrogen (secondary N) is 2. The number of carbonyl (C=O) groups is 1. The summed E-state index contributed by atoms with van der Waals surface area (Å²) in [5.41, 5.74) is 7.38. The van der Waals surface area contributed by atoms with Crippen LogP contribution in [0.4, 0.5) is 11.4 Å². The van der Waals surface area contributed by atoms with E-state index in [9.17, 15) is 4.79 Å². The summed E-state index contributed by atoms with van der Waals surface area (Å²) < 4.78 is 0. The van der Waals surface area contributed by atoms with Crippen molar-refractivity contribution in [3.05, 3.63) is 23.8 Å². The number of hydrogen-bond donors (Lipinski definition) is 3. The fourth-order valence-corrected chi connectivity index (χ4v) is 1.33. The predicted octanol–water partition coefficient (Wildman–Crippen LogP) is 1.32. The molecule has 1 aromatic carbocycles. The van der Waals surface area contributed by atoms with E-state index in [2.05, 4.69) is 10.6 Å². The molecule has 0 aliphatic carbocycles. The number of nitrogens with two attached hydrogens (primary N) is 1. The van der Waals surface area contributed by atoms with Gasteiger partial charge in [0.25, 0.3) is 0 Å². The second-order valence-electron chi connectivity index (χ2n) is 4.47. The van der Waals surface area contributed by atoms with Crippen molar-refractivity contribution in [2.24, 2.45) is 5.92 Å². The number of nitrogen functional groups attached to an aromatic ring is 1. The lowest BCUT2D eigenvalue weighted by Gasteiger charge is -2.11. The van der Waals surface area contributed by atoms with Crippen LogP contribution in [0.5, 0.6) is 0 Å². The molecule has 0 aliphatic heterocycles. The zero-order chi connectivity index (χ0) is 13.5. The van der Waals surface area contributed by atoms with E-state index in [1.807, 2.05) is 19.9 Å². The average molecular weight is 246 g/mol. The molecule has 1 aromatic rings. The molecule has 0 radical (unpaired) electrons. The summed E-state index contributed by atoms with van der Waals surface area (Å²) in [5, 5.41) is 14.5. The number of nitriles is 1. The summed E-state index contributed by atoms with van der Waals surface area (Å²) in [7, 11) is 0. The van der Waals surface area contributed by atoms with Gasteiger partial charge in [0.2, 0.25) is 5.91 Å². The van der Waals surface area contributed by atoms with Gasteiger partial charge in [0.05, 0.1) is 29.6 Å². The summed E-state index contributed by atoms with van der Waals surface area (Å²) in [6, 6.07) is 6.94. The standard InChI is InChI=1S/C13H18N4O/c1-9(2)7-17-13(18)8-16-12-5-10(6-14)3-4-11(12)15/h3-5,9,16H,7-8,15H2,1-2H3,(H,17,18). The van der Waals surface area contributed by atoms with Gasteiger partial charge in [-0.15, -0.1) is 0 Å². The molecule has 0 fully saturated rings. The van der Waals surface area contributed by atoms with Gasteiger partial charge < -0.3 is 16.4 Å². The van der Waals surface area contributed by atoms with Crippen molar-refractivity contribution in [2.75, 3.05) is 24.1 Å². The van der Waals surface area contributed by atoms with Crippen molar-refractivity contribution >= 4 is 17.3 Å². The SMILES string of the molecule is CC(C)CNC(=O)CNc1cc(C#N)ccc1N. The van der Waals surface area contributed by atoms with E-state index in [1.54, 1.807) is 18.2 Å². The number of anilines is 2. The van der Waals surface area contributed by atoms with Crippen LogP contribution in [0.3, 0.4) is 0 Å². The summed E-state index contributed by atoms with van der Waals surface area (Å²) in [6.45, 7) is 4.85. The Morgan fingerprint density at radius 2 is 2.22 bits per heavy atom. The first-order valence-electron chi connectivity index (χ1n) is 5.83. The summed E-state index contributed by atoms with van der Waals surface area (Å²) in [6.07, 6.45) is 0. The molecule has 0 aliphatic rings. The van der Waals surface area contributed by atoms with Gasteiger partial charge in [0.15, 0.2) is 0 Å². The van der Waals surface area contributed by atoms with Crippen LogP contribution in [-0.2, 0) is 4.79 Å². The van der Waals surface area contributed by atoms with Crippen molar-refractivity contribution in [3.63, 3.8) is 0 Å². The van der Waals surface area contributed by atoms with Gasteiger partial charge in [0, 0.05) is 6.54 Å². The Labute approximate surface area is 107 Å². The second-order valence-corrected chi connectivity index (χ2v) is 4.47.